The van der Waals surface area contributed by atoms with E-state index in [1.807, 2.05) is 49.6 Å². The molecule has 2 amide bonds. The molecule has 0 aliphatic carbocycles. The molecule has 8 heteroatoms. The second-order valence-electron chi connectivity index (χ2n) is 7.59. The summed E-state index contributed by atoms with van der Waals surface area (Å²) in [6, 6.07) is 4.49. The third-order valence-electron chi connectivity index (χ3n) is 3.71. The van der Waals surface area contributed by atoms with Crippen LogP contribution in [0.5, 0.6) is 0 Å². The highest BCUT2D eigenvalue weighted by Gasteiger charge is 2.28. The molecule has 0 unspecified atom stereocenters. The van der Waals surface area contributed by atoms with Crippen molar-refractivity contribution in [1.29, 1.82) is 0 Å². The fourth-order valence-electron chi connectivity index (χ4n) is 2.49. The van der Waals surface area contributed by atoms with Gasteiger partial charge in [-0.05, 0) is 45.7 Å². The summed E-state index contributed by atoms with van der Waals surface area (Å²) < 4.78 is 7.06. The minimum atomic E-state index is -0.716. The number of pyridine rings is 1. The van der Waals surface area contributed by atoms with Crippen LogP contribution in [0, 0.1) is 5.92 Å². The second-order valence-corrected chi connectivity index (χ2v) is 7.59. The van der Waals surface area contributed by atoms with Gasteiger partial charge >= 0.3 is 6.09 Å². The Balaban J connectivity index is 2.08. The Labute approximate surface area is 153 Å². The average molecular weight is 361 g/mol. The van der Waals surface area contributed by atoms with Crippen LogP contribution < -0.4 is 10.6 Å². The third-order valence-corrected chi connectivity index (χ3v) is 3.71. The molecule has 0 aliphatic heterocycles. The van der Waals surface area contributed by atoms with Crippen molar-refractivity contribution in [2.75, 3.05) is 0 Å². The van der Waals surface area contributed by atoms with Crippen LogP contribution in [0.1, 0.15) is 53.4 Å². The van der Waals surface area contributed by atoms with Gasteiger partial charge in [-0.2, -0.15) is 0 Å². The number of aromatic nitrogens is 3. The van der Waals surface area contributed by atoms with E-state index in [1.54, 1.807) is 20.8 Å². The van der Waals surface area contributed by atoms with Crippen LogP contribution in [-0.2, 0) is 9.53 Å². The summed E-state index contributed by atoms with van der Waals surface area (Å²) >= 11 is 0. The predicted octanol–water partition coefficient (Wildman–Crippen LogP) is 2.46. The molecule has 0 bridgehead atoms. The molecule has 0 saturated heterocycles. The maximum absolute atomic E-state index is 12.7. The van der Waals surface area contributed by atoms with E-state index in [9.17, 15) is 9.59 Å². The number of carbonyl (C=O) groups is 2. The smallest absolute Gasteiger partial charge is 0.408 e. The van der Waals surface area contributed by atoms with Crippen molar-refractivity contribution in [1.82, 2.24) is 25.2 Å². The van der Waals surface area contributed by atoms with Gasteiger partial charge in [-0.25, -0.2) is 4.79 Å². The molecular weight excluding hydrogens is 334 g/mol. The number of rotatable bonds is 5. The Bertz CT molecular complexity index is 778. The van der Waals surface area contributed by atoms with Crippen molar-refractivity contribution in [2.24, 2.45) is 5.92 Å². The molecule has 2 atom stereocenters. The zero-order valence-electron chi connectivity index (χ0n) is 16.1. The summed E-state index contributed by atoms with van der Waals surface area (Å²) in [6.45, 7) is 10.9. The van der Waals surface area contributed by atoms with Crippen molar-refractivity contribution >= 4 is 17.6 Å². The van der Waals surface area contributed by atoms with Crippen molar-refractivity contribution in [3.63, 3.8) is 0 Å². The predicted molar refractivity (Wildman–Crippen MR) is 97.5 cm³/mol. The molecule has 0 aliphatic rings. The Morgan fingerprint density at radius 1 is 1.12 bits per heavy atom. The fourth-order valence-corrected chi connectivity index (χ4v) is 2.49. The van der Waals surface area contributed by atoms with Gasteiger partial charge in [0.2, 0.25) is 5.91 Å². The summed E-state index contributed by atoms with van der Waals surface area (Å²) in [6.07, 6.45) is 1.22. The number of alkyl carbamates (subject to hydrolysis) is 1. The lowest BCUT2D eigenvalue weighted by atomic mass is 10.0. The first kappa shape index (κ1) is 19.7. The molecule has 0 radical (unpaired) electrons. The SMILES string of the molecule is CC(C)[C@H](NC(=O)OC(C)(C)C)C(=O)N[C@@H](C)c1nnc2ccccn12. The molecule has 0 aromatic carbocycles. The third kappa shape index (κ3) is 4.93. The van der Waals surface area contributed by atoms with E-state index < -0.39 is 17.7 Å². The topological polar surface area (TPSA) is 97.6 Å². The van der Waals surface area contributed by atoms with Gasteiger partial charge in [-0.15, -0.1) is 10.2 Å². The second kappa shape index (κ2) is 7.72. The van der Waals surface area contributed by atoms with Gasteiger partial charge in [-0.3, -0.25) is 9.20 Å². The molecule has 2 aromatic rings. The van der Waals surface area contributed by atoms with Gasteiger partial charge in [-0.1, -0.05) is 19.9 Å². The largest absolute Gasteiger partial charge is 0.444 e. The zero-order chi connectivity index (χ0) is 19.5. The molecule has 142 valence electrons. The highest BCUT2D eigenvalue weighted by Crippen LogP contribution is 2.14. The summed E-state index contributed by atoms with van der Waals surface area (Å²) in [4.78, 5) is 24.7. The van der Waals surface area contributed by atoms with Crippen LogP contribution >= 0.6 is 0 Å². The lowest BCUT2D eigenvalue weighted by Crippen LogP contribution is -2.51. The van der Waals surface area contributed by atoms with E-state index in [0.717, 1.165) is 0 Å². The van der Waals surface area contributed by atoms with Crippen LogP contribution in [0.3, 0.4) is 0 Å². The van der Waals surface area contributed by atoms with Gasteiger partial charge in [0.05, 0.1) is 6.04 Å². The molecule has 0 fully saturated rings. The van der Waals surface area contributed by atoms with E-state index in [2.05, 4.69) is 20.8 Å². The summed E-state index contributed by atoms with van der Waals surface area (Å²) in [5, 5.41) is 13.8. The Morgan fingerprint density at radius 2 is 1.81 bits per heavy atom. The number of hydrogen-bond donors (Lipinski definition) is 2. The molecule has 2 aromatic heterocycles. The number of amides is 2. The lowest BCUT2D eigenvalue weighted by Gasteiger charge is -2.26. The van der Waals surface area contributed by atoms with Gasteiger partial charge in [0.1, 0.15) is 11.6 Å². The number of carbonyl (C=O) groups excluding carboxylic acids is 2. The van der Waals surface area contributed by atoms with Crippen molar-refractivity contribution < 1.29 is 14.3 Å². The highest BCUT2D eigenvalue weighted by molar-refractivity contribution is 5.86. The maximum Gasteiger partial charge on any atom is 0.408 e. The number of nitrogens with zero attached hydrogens (tertiary/aromatic N) is 3. The first-order valence-corrected chi connectivity index (χ1v) is 8.68. The lowest BCUT2D eigenvalue weighted by molar-refractivity contribution is -0.124. The van der Waals surface area contributed by atoms with E-state index in [4.69, 9.17) is 4.74 Å². The van der Waals surface area contributed by atoms with Crippen LogP contribution in [0.25, 0.3) is 5.65 Å². The quantitative estimate of drug-likeness (QED) is 0.852. The van der Waals surface area contributed by atoms with E-state index in [-0.39, 0.29) is 17.9 Å². The van der Waals surface area contributed by atoms with Crippen molar-refractivity contribution in [3.05, 3.63) is 30.2 Å². The fraction of sp³-hybridized carbons (Fsp3) is 0.556. The van der Waals surface area contributed by atoms with Gasteiger partial charge < -0.3 is 15.4 Å². The van der Waals surface area contributed by atoms with E-state index in [0.29, 0.717) is 11.5 Å². The number of ether oxygens (including phenoxy) is 1. The van der Waals surface area contributed by atoms with Gasteiger partial charge in [0.15, 0.2) is 11.5 Å². The minimum Gasteiger partial charge on any atom is -0.444 e. The van der Waals surface area contributed by atoms with Gasteiger partial charge in [0.25, 0.3) is 0 Å². The van der Waals surface area contributed by atoms with E-state index >= 15 is 0 Å². The summed E-state index contributed by atoms with van der Waals surface area (Å²) in [5.41, 5.74) is 0.0754. The normalized spacial score (nSPS) is 14.1. The number of nitrogens with one attached hydrogen (secondary N) is 2. The molecule has 2 N–H and O–H groups in total. The van der Waals surface area contributed by atoms with Crippen LogP contribution in [0.15, 0.2) is 24.4 Å². The standard InChI is InChI=1S/C18H27N5O3/c1-11(2)14(20-17(25)26-18(4,5)6)16(24)19-12(3)15-22-21-13-9-7-8-10-23(13)15/h7-12,14H,1-6H3,(H,19,24)(H,20,25)/t12-,14-/m0/s1. The van der Waals surface area contributed by atoms with E-state index in [1.165, 1.54) is 0 Å². The summed E-state index contributed by atoms with van der Waals surface area (Å²) in [5.74, 6) is 0.213. The monoisotopic (exact) mass is 361 g/mol. The Hall–Kier alpha value is -2.64. The Morgan fingerprint density at radius 3 is 2.42 bits per heavy atom. The average Bonchev–Trinajstić information content (AvgIpc) is 2.94. The highest BCUT2D eigenvalue weighted by atomic mass is 16.6. The molecule has 26 heavy (non-hydrogen) atoms. The first-order valence-electron chi connectivity index (χ1n) is 8.68. The molecule has 2 rings (SSSR count). The molecule has 0 spiro atoms. The molecule has 0 saturated carbocycles. The summed E-state index contributed by atoms with van der Waals surface area (Å²) in [7, 11) is 0. The zero-order valence-corrected chi connectivity index (χ0v) is 16.1. The van der Waals surface area contributed by atoms with Crippen LogP contribution in [0.4, 0.5) is 4.79 Å². The van der Waals surface area contributed by atoms with Crippen LogP contribution in [-0.4, -0.2) is 38.2 Å². The Kier molecular flexibility index (Phi) is 5.84. The van der Waals surface area contributed by atoms with Crippen molar-refractivity contribution in [3.8, 4) is 0 Å². The molecular formula is C18H27N5O3. The number of fused-ring (bicyclic) bond motifs is 1. The van der Waals surface area contributed by atoms with Crippen LogP contribution in [0.2, 0.25) is 0 Å². The first-order chi connectivity index (χ1) is 12.1. The van der Waals surface area contributed by atoms with Gasteiger partial charge in [0, 0.05) is 6.20 Å². The maximum atomic E-state index is 12.7. The minimum absolute atomic E-state index is 0.107. The van der Waals surface area contributed by atoms with Crippen molar-refractivity contribution in [2.45, 2.75) is 59.2 Å². The molecule has 8 nitrogen and oxygen atoms in total. The molecule has 2 heterocycles. The number of hydrogen-bond acceptors (Lipinski definition) is 5.